The van der Waals surface area contributed by atoms with Crippen molar-refractivity contribution in [3.05, 3.63) is 52.5 Å². The molecule has 2 nitrogen and oxygen atoms in total. The van der Waals surface area contributed by atoms with Gasteiger partial charge in [-0.15, -0.1) is 11.3 Å². The molecule has 1 atom stereocenters. The van der Waals surface area contributed by atoms with Gasteiger partial charge in [-0.3, -0.25) is 0 Å². The lowest BCUT2D eigenvalue weighted by atomic mass is 9.64. The molecule has 0 saturated heterocycles. The Morgan fingerprint density at radius 1 is 1.15 bits per heavy atom. The molecule has 3 rings (SSSR count). The first-order chi connectivity index (χ1) is 9.81. The Balaban J connectivity index is 1.89. The van der Waals surface area contributed by atoms with Crippen molar-refractivity contribution < 1.29 is 0 Å². The van der Waals surface area contributed by atoms with Crippen molar-refractivity contribution in [1.29, 1.82) is 0 Å². The van der Waals surface area contributed by atoms with Crippen LogP contribution in [-0.2, 0) is 11.8 Å². The van der Waals surface area contributed by atoms with Crippen LogP contribution in [0, 0.1) is 0 Å². The molecule has 1 aliphatic rings. The summed E-state index contributed by atoms with van der Waals surface area (Å²) in [5.74, 6) is 0. The van der Waals surface area contributed by atoms with E-state index in [0.717, 1.165) is 6.42 Å². The number of nitrogens with zero attached hydrogens (tertiary/aromatic N) is 1. The Hall–Kier alpha value is -1.19. The quantitative estimate of drug-likeness (QED) is 0.925. The van der Waals surface area contributed by atoms with E-state index in [2.05, 4.69) is 35.3 Å². The van der Waals surface area contributed by atoms with Crippen LogP contribution in [0.2, 0.25) is 0 Å². The molecule has 20 heavy (non-hydrogen) atoms. The Bertz CT molecular complexity index is 515. The lowest BCUT2D eigenvalue weighted by molar-refractivity contribution is 0.241. The Labute approximate surface area is 125 Å². The summed E-state index contributed by atoms with van der Waals surface area (Å²) in [5, 5.41) is 3.20. The first-order valence-electron chi connectivity index (χ1n) is 7.51. The molecule has 1 aromatic carbocycles. The smallest absolute Gasteiger partial charge is 0.0940 e. The third-order valence-corrected chi connectivity index (χ3v) is 5.48. The lowest BCUT2D eigenvalue weighted by Gasteiger charge is -2.42. The molecule has 2 N–H and O–H groups in total. The van der Waals surface area contributed by atoms with Crippen LogP contribution in [0.4, 0.5) is 0 Å². The van der Waals surface area contributed by atoms with Gasteiger partial charge in [0.25, 0.3) is 0 Å². The molecular formula is C17H22N2S. The lowest BCUT2D eigenvalue weighted by Crippen LogP contribution is -2.48. The topological polar surface area (TPSA) is 38.9 Å². The van der Waals surface area contributed by atoms with Gasteiger partial charge < -0.3 is 5.73 Å². The normalized spacial score (nSPS) is 19.6. The molecule has 1 aliphatic carbocycles. The van der Waals surface area contributed by atoms with E-state index in [0.29, 0.717) is 0 Å². The van der Waals surface area contributed by atoms with Crippen molar-refractivity contribution in [2.24, 2.45) is 5.73 Å². The van der Waals surface area contributed by atoms with Crippen LogP contribution >= 0.6 is 11.3 Å². The van der Waals surface area contributed by atoms with Gasteiger partial charge in [0.2, 0.25) is 0 Å². The van der Waals surface area contributed by atoms with Gasteiger partial charge in [0, 0.05) is 29.5 Å². The fraction of sp³-hybridized carbons (Fsp3) is 0.471. The van der Waals surface area contributed by atoms with Crippen molar-refractivity contribution in [3.63, 3.8) is 0 Å². The van der Waals surface area contributed by atoms with E-state index in [1.54, 1.807) is 11.3 Å². The minimum Gasteiger partial charge on any atom is -0.327 e. The molecule has 1 unspecified atom stereocenters. The molecule has 0 radical (unpaired) electrons. The second kappa shape index (κ2) is 6.06. The van der Waals surface area contributed by atoms with Crippen molar-refractivity contribution in [1.82, 2.24) is 4.98 Å². The highest BCUT2D eigenvalue weighted by Gasteiger charge is 2.39. The largest absolute Gasteiger partial charge is 0.327 e. The molecule has 0 spiro atoms. The third-order valence-electron chi connectivity index (χ3n) is 4.68. The highest BCUT2D eigenvalue weighted by atomic mass is 32.1. The van der Waals surface area contributed by atoms with Crippen molar-refractivity contribution in [2.45, 2.75) is 50.0 Å². The first kappa shape index (κ1) is 13.8. The second-order valence-corrected chi connectivity index (χ2v) is 6.80. The summed E-state index contributed by atoms with van der Waals surface area (Å²) in [5.41, 5.74) is 8.24. The van der Waals surface area contributed by atoms with E-state index < -0.39 is 0 Å². The average molecular weight is 286 g/mol. The predicted octanol–water partition coefficient (Wildman–Crippen LogP) is 3.92. The monoisotopic (exact) mass is 286 g/mol. The summed E-state index contributed by atoms with van der Waals surface area (Å²) in [7, 11) is 0. The Kier molecular flexibility index (Phi) is 4.18. The van der Waals surface area contributed by atoms with Gasteiger partial charge in [0.1, 0.15) is 0 Å². The number of nitrogens with two attached hydrogens (primary N) is 1. The molecule has 1 fully saturated rings. The van der Waals surface area contributed by atoms with Crippen LogP contribution in [0.3, 0.4) is 0 Å². The van der Waals surface area contributed by atoms with E-state index in [4.69, 9.17) is 5.73 Å². The summed E-state index contributed by atoms with van der Waals surface area (Å²) in [6.45, 7) is 0. The summed E-state index contributed by atoms with van der Waals surface area (Å²) >= 11 is 1.72. The highest BCUT2D eigenvalue weighted by Crippen LogP contribution is 2.42. The van der Waals surface area contributed by atoms with Crippen LogP contribution in [-0.4, -0.2) is 11.0 Å². The number of rotatable bonds is 4. The van der Waals surface area contributed by atoms with E-state index in [-0.39, 0.29) is 11.5 Å². The summed E-state index contributed by atoms with van der Waals surface area (Å²) < 4.78 is 0. The number of benzene rings is 1. The fourth-order valence-electron chi connectivity index (χ4n) is 3.56. The van der Waals surface area contributed by atoms with E-state index in [1.165, 1.54) is 42.7 Å². The zero-order valence-electron chi connectivity index (χ0n) is 11.8. The molecule has 1 aromatic heterocycles. The van der Waals surface area contributed by atoms with Gasteiger partial charge in [-0.1, -0.05) is 49.6 Å². The molecule has 1 saturated carbocycles. The molecule has 1 heterocycles. The average Bonchev–Trinajstić information content (AvgIpc) is 3.02. The molecular weight excluding hydrogens is 264 g/mol. The Morgan fingerprint density at radius 2 is 1.90 bits per heavy atom. The van der Waals surface area contributed by atoms with Gasteiger partial charge in [-0.05, 0) is 18.4 Å². The Morgan fingerprint density at radius 3 is 2.55 bits per heavy atom. The van der Waals surface area contributed by atoms with Gasteiger partial charge in [0.05, 0.1) is 5.01 Å². The van der Waals surface area contributed by atoms with Crippen molar-refractivity contribution in [3.8, 4) is 0 Å². The van der Waals surface area contributed by atoms with Crippen LogP contribution in [0.5, 0.6) is 0 Å². The summed E-state index contributed by atoms with van der Waals surface area (Å²) in [6, 6.07) is 11.0. The standard InChI is InChI=1S/C17H22N2S/c18-15(13-16-19-11-12-20-16)17(9-5-2-6-10-17)14-7-3-1-4-8-14/h1,3-4,7-8,11-12,15H,2,5-6,9-10,13,18H2. The minimum atomic E-state index is 0.144. The molecule has 0 amide bonds. The second-order valence-electron chi connectivity index (χ2n) is 5.82. The first-order valence-corrected chi connectivity index (χ1v) is 8.39. The third kappa shape index (κ3) is 2.65. The minimum absolute atomic E-state index is 0.144. The number of hydrogen-bond donors (Lipinski definition) is 1. The molecule has 2 aromatic rings. The van der Waals surface area contributed by atoms with Crippen molar-refractivity contribution in [2.75, 3.05) is 0 Å². The van der Waals surface area contributed by atoms with Gasteiger partial charge in [0.15, 0.2) is 0 Å². The molecule has 0 bridgehead atoms. The predicted molar refractivity (Wildman–Crippen MR) is 85.0 cm³/mol. The zero-order chi connectivity index (χ0) is 13.8. The molecule has 3 heteroatoms. The zero-order valence-corrected chi connectivity index (χ0v) is 12.6. The number of hydrogen-bond acceptors (Lipinski definition) is 3. The van der Waals surface area contributed by atoms with Gasteiger partial charge in [-0.25, -0.2) is 4.98 Å². The fourth-order valence-corrected chi connectivity index (χ4v) is 4.24. The maximum atomic E-state index is 6.67. The maximum absolute atomic E-state index is 6.67. The molecule has 106 valence electrons. The molecule has 0 aliphatic heterocycles. The summed E-state index contributed by atoms with van der Waals surface area (Å²) in [4.78, 5) is 4.41. The van der Waals surface area contributed by atoms with Crippen LogP contribution in [0.1, 0.15) is 42.7 Å². The van der Waals surface area contributed by atoms with Crippen molar-refractivity contribution >= 4 is 11.3 Å². The number of aromatic nitrogens is 1. The van der Waals surface area contributed by atoms with E-state index in [1.807, 2.05) is 11.6 Å². The number of thiazole rings is 1. The van der Waals surface area contributed by atoms with Gasteiger partial charge >= 0.3 is 0 Å². The van der Waals surface area contributed by atoms with E-state index >= 15 is 0 Å². The summed E-state index contributed by atoms with van der Waals surface area (Å²) in [6.07, 6.45) is 9.13. The van der Waals surface area contributed by atoms with E-state index in [9.17, 15) is 0 Å². The van der Waals surface area contributed by atoms with Crippen LogP contribution in [0.15, 0.2) is 41.9 Å². The van der Waals surface area contributed by atoms with Crippen LogP contribution in [0.25, 0.3) is 0 Å². The maximum Gasteiger partial charge on any atom is 0.0940 e. The van der Waals surface area contributed by atoms with Gasteiger partial charge in [-0.2, -0.15) is 0 Å². The SMILES string of the molecule is NC(Cc1nccs1)C1(c2ccccc2)CCCCC1. The van der Waals surface area contributed by atoms with Crippen LogP contribution < -0.4 is 5.73 Å². The highest BCUT2D eigenvalue weighted by molar-refractivity contribution is 7.09.